The number of ether oxygens (including phenoxy) is 3. The van der Waals surface area contributed by atoms with Crippen molar-refractivity contribution in [3.05, 3.63) is 100 Å². The molecule has 1 amide bonds. The van der Waals surface area contributed by atoms with Crippen LogP contribution in [0.1, 0.15) is 10.4 Å². The molecule has 0 atom stereocenters. The quantitative estimate of drug-likeness (QED) is 0.169. The highest BCUT2D eigenvalue weighted by atomic mass is 79.9. The van der Waals surface area contributed by atoms with Crippen molar-refractivity contribution in [2.75, 3.05) is 24.9 Å². The van der Waals surface area contributed by atoms with E-state index in [1.807, 2.05) is 0 Å². The van der Waals surface area contributed by atoms with Gasteiger partial charge in [-0.1, -0.05) is 27.5 Å². The Hall–Kier alpha value is -4.41. The van der Waals surface area contributed by atoms with Gasteiger partial charge in [-0.3, -0.25) is 9.78 Å². The number of anilines is 3. The van der Waals surface area contributed by atoms with E-state index in [1.54, 1.807) is 75.0 Å². The Bertz CT molecular complexity index is 1720. The average molecular weight is 624 g/mol. The summed E-state index contributed by atoms with van der Waals surface area (Å²) in [7, 11) is 3.12. The fourth-order valence-corrected chi connectivity index (χ4v) is 4.41. The van der Waals surface area contributed by atoms with Crippen molar-refractivity contribution < 1.29 is 23.4 Å². The summed E-state index contributed by atoms with van der Waals surface area (Å²) in [6.45, 7) is 0. The summed E-state index contributed by atoms with van der Waals surface area (Å²) in [6.07, 6.45) is 2.97. The normalized spacial score (nSPS) is 10.7. The molecule has 0 aliphatic carbocycles. The molecule has 2 heterocycles. The van der Waals surface area contributed by atoms with Gasteiger partial charge in [0, 0.05) is 34.0 Å². The summed E-state index contributed by atoms with van der Waals surface area (Å²) in [5, 5.41) is 6.63. The van der Waals surface area contributed by atoms with Crippen molar-refractivity contribution in [1.82, 2.24) is 9.97 Å². The number of carbonyl (C=O) groups excluding carboxylic acids is 1. The first-order valence-corrected chi connectivity index (χ1v) is 13.0. The van der Waals surface area contributed by atoms with Gasteiger partial charge in [-0.25, -0.2) is 9.37 Å². The first-order chi connectivity index (χ1) is 19.3. The molecular weight excluding hydrogens is 603 g/mol. The van der Waals surface area contributed by atoms with E-state index in [2.05, 4.69) is 36.5 Å². The number of fused-ring (bicyclic) bond motifs is 1. The zero-order valence-corrected chi connectivity index (χ0v) is 23.5. The number of methoxy groups -OCH3 is 2. The minimum Gasteiger partial charge on any atom is -0.493 e. The number of carbonyl (C=O) groups is 1. The zero-order valence-electron chi connectivity index (χ0n) is 21.2. The SMILES string of the molecule is COc1cc2nccc(Oc3ccc(NC(=O)c4cnc(Cl)cc4Nc4ccc(Br)cc4F)cc3)c2cc1OC. The summed E-state index contributed by atoms with van der Waals surface area (Å²) < 4.78 is 31.9. The Kier molecular flexibility index (Phi) is 7.99. The number of nitrogens with one attached hydrogen (secondary N) is 2. The van der Waals surface area contributed by atoms with Gasteiger partial charge in [-0.05, 0) is 60.7 Å². The lowest BCUT2D eigenvalue weighted by atomic mass is 10.1. The third kappa shape index (κ3) is 5.93. The molecule has 40 heavy (non-hydrogen) atoms. The number of nitrogens with zero attached hydrogens (tertiary/aromatic N) is 2. The van der Waals surface area contributed by atoms with Crippen molar-refractivity contribution in [3.63, 3.8) is 0 Å². The number of hydrogen-bond donors (Lipinski definition) is 2. The van der Waals surface area contributed by atoms with Crippen molar-refractivity contribution in [2.45, 2.75) is 0 Å². The van der Waals surface area contributed by atoms with Crippen LogP contribution in [0.25, 0.3) is 10.9 Å². The molecule has 5 rings (SSSR count). The van der Waals surface area contributed by atoms with Crippen LogP contribution in [0.4, 0.5) is 21.5 Å². The molecule has 0 unspecified atom stereocenters. The van der Waals surface area contributed by atoms with E-state index in [-0.39, 0.29) is 16.4 Å². The molecule has 3 aromatic carbocycles. The van der Waals surface area contributed by atoms with Gasteiger partial charge in [0.05, 0.1) is 36.7 Å². The molecule has 8 nitrogen and oxygen atoms in total. The highest BCUT2D eigenvalue weighted by molar-refractivity contribution is 9.10. The number of aromatic nitrogens is 2. The van der Waals surface area contributed by atoms with Crippen LogP contribution in [0.3, 0.4) is 0 Å². The standard InChI is InChI=1S/C29H21BrClFN4O4/c1-38-26-12-19-23(13-27(26)39-2)33-10-9-25(19)40-18-6-4-17(5-7-18)35-29(37)20-15-34-28(31)14-24(20)36-22-8-3-16(30)11-21(22)32/h3-15H,1-2H3,(H,34,36)(H,35,37). The molecule has 2 N–H and O–H groups in total. The second-order valence-electron chi connectivity index (χ2n) is 8.42. The van der Waals surface area contributed by atoms with Crippen molar-refractivity contribution >= 4 is 61.4 Å². The van der Waals surface area contributed by atoms with Crippen molar-refractivity contribution in [1.29, 1.82) is 0 Å². The van der Waals surface area contributed by atoms with Crippen LogP contribution in [0.5, 0.6) is 23.0 Å². The lowest BCUT2D eigenvalue weighted by Gasteiger charge is -2.14. The summed E-state index contributed by atoms with van der Waals surface area (Å²) in [5.41, 5.74) is 1.86. The molecule has 202 valence electrons. The van der Waals surface area contributed by atoms with Crippen LogP contribution in [0.15, 0.2) is 83.6 Å². The molecule has 0 radical (unpaired) electrons. The maximum atomic E-state index is 14.4. The number of rotatable bonds is 8. The molecule has 11 heteroatoms. The number of amides is 1. The Balaban J connectivity index is 1.34. The summed E-state index contributed by atoms with van der Waals surface area (Å²) in [5.74, 6) is 1.28. The van der Waals surface area contributed by atoms with Gasteiger partial charge in [-0.15, -0.1) is 0 Å². The number of hydrogen-bond acceptors (Lipinski definition) is 7. The predicted octanol–water partition coefficient (Wildman–Crippen LogP) is 7.99. The van der Waals surface area contributed by atoms with E-state index in [0.29, 0.717) is 44.4 Å². The van der Waals surface area contributed by atoms with Crippen LogP contribution in [0.2, 0.25) is 5.15 Å². The monoisotopic (exact) mass is 622 g/mol. The van der Waals surface area contributed by atoms with Crippen LogP contribution < -0.4 is 24.8 Å². The second kappa shape index (κ2) is 11.8. The Morgan fingerprint density at radius 3 is 2.38 bits per heavy atom. The van der Waals surface area contributed by atoms with Crippen LogP contribution in [0, 0.1) is 5.82 Å². The van der Waals surface area contributed by atoms with Gasteiger partial charge in [0.1, 0.15) is 22.5 Å². The third-order valence-electron chi connectivity index (χ3n) is 5.86. The van der Waals surface area contributed by atoms with E-state index < -0.39 is 11.7 Å². The molecule has 0 bridgehead atoms. The second-order valence-corrected chi connectivity index (χ2v) is 9.72. The fraction of sp³-hybridized carbons (Fsp3) is 0.0690. The van der Waals surface area contributed by atoms with Gasteiger partial charge in [0.25, 0.3) is 5.91 Å². The van der Waals surface area contributed by atoms with E-state index in [0.717, 1.165) is 5.39 Å². The molecule has 0 aliphatic heterocycles. The van der Waals surface area contributed by atoms with E-state index in [4.69, 9.17) is 25.8 Å². The Labute approximate surface area is 242 Å². The van der Waals surface area contributed by atoms with Crippen LogP contribution >= 0.6 is 27.5 Å². The summed E-state index contributed by atoms with van der Waals surface area (Å²) in [6, 6.07) is 18.2. The summed E-state index contributed by atoms with van der Waals surface area (Å²) >= 11 is 9.28. The lowest BCUT2D eigenvalue weighted by molar-refractivity contribution is 0.102. The van der Waals surface area contributed by atoms with Crippen LogP contribution in [-0.2, 0) is 0 Å². The molecule has 0 fully saturated rings. The molecule has 0 spiro atoms. The van der Waals surface area contributed by atoms with Crippen molar-refractivity contribution in [2.24, 2.45) is 0 Å². The number of halogens is 3. The maximum Gasteiger partial charge on any atom is 0.259 e. The third-order valence-corrected chi connectivity index (χ3v) is 6.56. The molecular formula is C29H21BrClFN4O4. The minimum atomic E-state index is -0.496. The van der Waals surface area contributed by atoms with Gasteiger partial charge < -0.3 is 24.8 Å². The Morgan fingerprint density at radius 1 is 0.900 bits per heavy atom. The molecule has 2 aromatic heterocycles. The average Bonchev–Trinajstić information content (AvgIpc) is 2.95. The first kappa shape index (κ1) is 27.2. The van der Waals surface area contributed by atoms with E-state index in [1.165, 1.54) is 18.3 Å². The molecule has 0 saturated heterocycles. The number of pyridine rings is 2. The van der Waals surface area contributed by atoms with Crippen molar-refractivity contribution in [3.8, 4) is 23.0 Å². The topological polar surface area (TPSA) is 94.6 Å². The lowest BCUT2D eigenvalue weighted by Crippen LogP contribution is -2.14. The molecule has 0 saturated carbocycles. The first-order valence-electron chi connectivity index (χ1n) is 11.8. The predicted molar refractivity (Wildman–Crippen MR) is 156 cm³/mol. The number of benzene rings is 3. The highest BCUT2D eigenvalue weighted by Crippen LogP contribution is 2.37. The largest absolute Gasteiger partial charge is 0.493 e. The highest BCUT2D eigenvalue weighted by Gasteiger charge is 2.16. The molecule has 0 aliphatic rings. The van der Waals surface area contributed by atoms with Gasteiger partial charge in [0.2, 0.25) is 0 Å². The summed E-state index contributed by atoms with van der Waals surface area (Å²) in [4.78, 5) is 21.5. The molecule has 5 aromatic rings. The van der Waals surface area contributed by atoms with Gasteiger partial charge in [-0.2, -0.15) is 0 Å². The zero-order chi connectivity index (χ0) is 28.2. The van der Waals surface area contributed by atoms with E-state index in [9.17, 15) is 9.18 Å². The Morgan fingerprint density at radius 2 is 1.65 bits per heavy atom. The van der Waals surface area contributed by atoms with E-state index >= 15 is 0 Å². The minimum absolute atomic E-state index is 0.151. The maximum absolute atomic E-state index is 14.4. The van der Waals surface area contributed by atoms with Crippen LogP contribution in [-0.4, -0.2) is 30.1 Å². The fourth-order valence-electron chi connectivity index (χ4n) is 3.92. The van der Waals surface area contributed by atoms with Gasteiger partial charge >= 0.3 is 0 Å². The van der Waals surface area contributed by atoms with Gasteiger partial charge in [0.15, 0.2) is 11.5 Å². The smallest absolute Gasteiger partial charge is 0.259 e.